The molecule has 2 heterocycles. The molecule has 0 spiro atoms. The lowest BCUT2D eigenvalue weighted by molar-refractivity contribution is -0.157. The minimum atomic E-state index is -1.47. The van der Waals surface area contributed by atoms with Crippen molar-refractivity contribution in [2.45, 2.75) is 45.0 Å². The Bertz CT molecular complexity index is 764. The van der Waals surface area contributed by atoms with E-state index < -0.39 is 5.60 Å². The number of hydrogen-bond acceptors (Lipinski definition) is 4. The summed E-state index contributed by atoms with van der Waals surface area (Å²) in [6.45, 7) is 4.17. The first-order valence-corrected chi connectivity index (χ1v) is 8.99. The summed E-state index contributed by atoms with van der Waals surface area (Å²) in [6, 6.07) is 6.42. The number of amides is 1. The Balaban J connectivity index is 1.61. The monoisotopic (exact) mass is 360 g/mol. The van der Waals surface area contributed by atoms with Crippen LogP contribution in [0.3, 0.4) is 0 Å². The molecular formula is C19H25FN4O2. The van der Waals surface area contributed by atoms with Crippen molar-refractivity contribution in [1.29, 1.82) is 0 Å². The van der Waals surface area contributed by atoms with Gasteiger partial charge in [-0.1, -0.05) is 18.2 Å². The molecule has 1 fully saturated rings. The van der Waals surface area contributed by atoms with E-state index in [1.165, 1.54) is 11.0 Å². The maximum atomic E-state index is 13.9. The minimum Gasteiger partial charge on any atom is -0.379 e. The summed E-state index contributed by atoms with van der Waals surface area (Å²) in [5, 5.41) is 14.0. The first-order chi connectivity index (χ1) is 12.5. The van der Waals surface area contributed by atoms with Gasteiger partial charge in [0.05, 0.1) is 6.54 Å². The summed E-state index contributed by atoms with van der Waals surface area (Å²) in [5.74, 6) is 0.180. The van der Waals surface area contributed by atoms with Crippen LogP contribution in [0, 0.1) is 5.82 Å². The molecule has 1 atom stereocenters. The van der Waals surface area contributed by atoms with Crippen LogP contribution in [0.15, 0.2) is 36.7 Å². The van der Waals surface area contributed by atoms with E-state index in [2.05, 4.69) is 10.3 Å². The van der Waals surface area contributed by atoms with Crippen LogP contribution in [0.2, 0.25) is 0 Å². The van der Waals surface area contributed by atoms with Crippen LogP contribution < -0.4 is 5.32 Å². The molecule has 1 aliphatic rings. The SMILES string of the molecule is CCn1ccnc1CNC[C@]1(O)CCCN(Cc2ccccc2F)C1=O. The number of piperidine rings is 1. The van der Waals surface area contributed by atoms with Gasteiger partial charge < -0.3 is 19.9 Å². The van der Waals surface area contributed by atoms with Crippen LogP contribution in [-0.4, -0.2) is 44.2 Å². The van der Waals surface area contributed by atoms with Gasteiger partial charge in [0, 0.05) is 44.1 Å². The Morgan fingerprint density at radius 3 is 2.96 bits per heavy atom. The third-order valence-corrected chi connectivity index (χ3v) is 4.87. The van der Waals surface area contributed by atoms with Crippen molar-refractivity contribution in [3.63, 3.8) is 0 Å². The molecule has 1 aromatic heterocycles. The van der Waals surface area contributed by atoms with Crippen LogP contribution in [-0.2, 0) is 24.4 Å². The third kappa shape index (κ3) is 3.94. The van der Waals surface area contributed by atoms with Crippen molar-refractivity contribution in [1.82, 2.24) is 19.8 Å². The molecule has 1 amide bonds. The van der Waals surface area contributed by atoms with Crippen molar-refractivity contribution in [2.24, 2.45) is 0 Å². The largest absolute Gasteiger partial charge is 0.379 e. The predicted molar refractivity (Wildman–Crippen MR) is 95.6 cm³/mol. The average molecular weight is 360 g/mol. The Hall–Kier alpha value is -2.25. The summed E-state index contributed by atoms with van der Waals surface area (Å²) >= 11 is 0. The van der Waals surface area contributed by atoms with Gasteiger partial charge >= 0.3 is 0 Å². The molecular weight excluding hydrogens is 335 g/mol. The highest BCUT2D eigenvalue weighted by molar-refractivity contribution is 5.86. The summed E-state index contributed by atoms with van der Waals surface area (Å²) in [7, 11) is 0. The van der Waals surface area contributed by atoms with Gasteiger partial charge in [-0.3, -0.25) is 4.79 Å². The van der Waals surface area contributed by atoms with E-state index in [0.29, 0.717) is 31.5 Å². The quantitative estimate of drug-likeness (QED) is 0.788. The van der Waals surface area contributed by atoms with E-state index in [1.54, 1.807) is 24.4 Å². The molecule has 0 bridgehead atoms. The average Bonchev–Trinajstić information content (AvgIpc) is 3.08. The number of aromatic nitrogens is 2. The number of aryl methyl sites for hydroxylation is 1. The number of rotatable bonds is 7. The number of carbonyl (C=O) groups is 1. The zero-order valence-electron chi connectivity index (χ0n) is 15.0. The molecule has 2 aromatic rings. The highest BCUT2D eigenvalue weighted by Gasteiger charge is 2.41. The van der Waals surface area contributed by atoms with E-state index in [-0.39, 0.29) is 24.8 Å². The van der Waals surface area contributed by atoms with Gasteiger partial charge in [0.2, 0.25) is 0 Å². The lowest BCUT2D eigenvalue weighted by Crippen LogP contribution is -2.57. The fourth-order valence-corrected chi connectivity index (χ4v) is 3.39. The normalized spacial score (nSPS) is 20.6. The zero-order chi connectivity index (χ0) is 18.6. The smallest absolute Gasteiger partial charge is 0.256 e. The number of carbonyl (C=O) groups excluding carboxylic acids is 1. The topological polar surface area (TPSA) is 70.4 Å². The Morgan fingerprint density at radius 1 is 1.38 bits per heavy atom. The molecule has 1 aromatic carbocycles. The van der Waals surface area contributed by atoms with Gasteiger partial charge in [0.25, 0.3) is 5.91 Å². The van der Waals surface area contributed by atoms with Crippen molar-refractivity contribution < 1.29 is 14.3 Å². The Morgan fingerprint density at radius 2 is 2.19 bits per heavy atom. The zero-order valence-corrected chi connectivity index (χ0v) is 15.0. The number of likely N-dealkylation sites (tertiary alicyclic amines) is 1. The molecule has 0 saturated carbocycles. The Kier molecular flexibility index (Phi) is 5.68. The molecule has 0 aliphatic carbocycles. The van der Waals surface area contributed by atoms with Gasteiger partial charge in [-0.2, -0.15) is 0 Å². The van der Waals surface area contributed by atoms with E-state index in [9.17, 15) is 14.3 Å². The van der Waals surface area contributed by atoms with E-state index in [0.717, 1.165) is 12.4 Å². The minimum absolute atomic E-state index is 0.149. The lowest BCUT2D eigenvalue weighted by atomic mass is 9.91. The first-order valence-electron chi connectivity index (χ1n) is 8.99. The second-order valence-corrected chi connectivity index (χ2v) is 6.69. The number of hydrogen-bond donors (Lipinski definition) is 2. The summed E-state index contributed by atoms with van der Waals surface area (Å²) < 4.78 is 15.9. The molecule has 3 rings (SSSR count). The molecule has 26 heavy (non-hydrogen) atoms. The summed E-state index contributed by atoms with van der Waals surface area (Å²) in [6.07, 6.45) is 4.71. The summed E-state index contributed by atoms with van der Waals surface area (Å²) in [4.78, 5) is 18.6. The van der Waals surface area contributed by atoms with Crippen molar-refractivity contribution in [2.75, 3.05) is 13.1 Å². The molecule has 7 heteroatoms. The molecule has 0 radical (unpaired) electrons. The first kappa shape index (κ1) is 18.5. The standard InChI is InChI=1S/C19H25FN4O2/c1-2-23-11-9-22-17(23)12-21-14-19(26)8-5-10-24(18(19)25)13-15-6-3-4-7-16(15)20/h3-4,6-7,9,11,21,26H,2,5,8,10,12-14H2,1H3/t19-/m1/s1. The van der Waals surface area contributed by atoms with Gasteiger partial charge in [0.1, 0.15) is 11.6 Å². The number of imidazole rings is 1. The fraction of sp³-hybridized carbons (Fsp3) is 0.474. The van der Waals surface area contributed by atoms with Gasteiger partial charge in [-0.25, -0.2) is 9.37 Å². The molecule has 1 aliphatic heterocycles. The van der Waals surface area contributed by atoms with Crippen LogP contribution >= 0.6 is 0 Å². The maximum absolute atomic E-state index is 13.9. The van der Waals surface area contributed by atoms with Crippen molar-refractivity contribution in [3.05, 3.63) is 53.9 Å². The van der Waals surface area contributed by atoms with Crippen LogP contribution in [0.1, 0.15) is 31.2 Å². The van der Waals surface area contributed by atoms with Gasteiger partial charge in [-0.15, -0.1) is 0 Å². The van der Waals surface area contributed by atoms with Gasteiger partial charge in [0.15, 0.2) is 5.60 Å². The molecule has 1 saturated heterocycles. The van der Waals surface area contributed by atoms with E-state index >= 15 is 0 Å². The van der Waals surface area contributed by atoms with Crippen molar-refractivity contribution >= 4 is 5.91 Å². The number of nitrogens with one attached hydrogen (secondary N) is 1. The second-order valence-electron chi connectivity index (χ2n) is 6.69. The van der Waals surface area contributed by atoms with Crippen LogP contribution in [0.5, 0.6) is 0 Å². The lowest BCUT2D eigenvalue weighted by Gasteiger charge is -2.38. The highest BCUT2D eigenvalue weighted by Crippen LogP contribution is 2.24. The number of halogens is 1. The van der Waals surface area contributed by atoms with Crippen LogP contribution in [0.25, 0.3) is 0 Å². The highest BCUT2D eigenvalue weighted by atomic mass is 19.1. The molecule has 0 unspecified atom stereocenters. The van der Waals surface area contributed by atoms with E-state index in [4.69, 9.17) is 0 Å². The maximum Gasteiger partial charge on any atom is 0.256 e. The molecule has 2 N–H and O–H groups in total. The molecule has 140 valence electrons. The fourth-order valence-electron chi connectivity index (χ4n) is 3.39. The third-order valence-electron chi connectivity index (χ3n) is 4.87. The predicted octanol–water partition coefficient (Wildman–Crippen LogP) is 1.69. The second kappa shape index (κ2) is 7.97. The number of aliphatic hydroxyl groups is 1. The number of nitrogens with zero attached hydrogens (tertiary/aromatic N) is 3. The van der Waals surface area contributed by atoms with E-state index in [1.807, 2.05) is 17.7 Å². The van der Waals surface area contributed by atoms with Crippen LogP contribution in [0.4, 0.5) is 4.39 Å². The van der Waals surface area contributed by atoms with Crippen molar-refractivity contribution in [3.8, 4) is 0 Å². The Labute approximate surface area is 152 Å². The summed E-state index contributed by atoms with van der Waals surface area (Å²) in [5.41, 5.74) is -1.00. The number of benzene rings is 1. The molecule has 6 nitrogen and oxygen atoms in total. The van der Waals surface area contributed by atoms with Gasteiger partial charge in [-0.05, 0) is 25.8 Å².